The third-order valence-corrected chi connectivity index (χ3v) is 2.33. The van der Waals surface area contributed by atoms with Crippen LogP contribution in [0.15, 0.2) is 27.0 Å². The number of nitrogens with zero attached hydrogens (tertiary/aromatic N) is 3. The van der Waals surface area contributed by atoms with Crippen LogP contribution >= 0.6 is 11.6 Å². The molecule has 86 valence electrons. The molecule has 0 saturated carbocycles. The molecule has 0 aliphatic rings. The van der Waals surface area contributed by atoms with E-state index >= 15 is 0 Å². The Bertz CT molecular complexity index is 676. The van der Waals surface area contributed by atoms with Crippen molar-refractivity contribution >= 4 is 34.7 Å². The van der Waals surface area contributed by atoms with Crippen LogP contribution in [0.4, 0.5) is 12.0 Å². The van der Waals surface area contributed by atoms with E-state index in [9.17, 15) is 0 Å². The highest BCUT2D eigenvalue weighted by Gasteiger charge is 2.09. The molecule has 0 radical (unpaired) electrons. The molecule has 2 heterocycles. The van der Waals surface area contributed by atoms with Gasteiger partial charge in [0.25, 0.3) is 0 Å². The van der Waals surface area contributed by atoms with Gasteiger partial charge in [-0.15, -0.1) is 5.10 Å². The second-order valence-electron chi connectivity index (χ2n) is 3.38. The van der Waals surface area contributed by atoms with E-state index in [-0.39, 0.29) is 12.0 Å². The minimum absolute atomic E-state index is 0.236. The summed E-state index contributed by atoms with van der Waals surface area (Å²) in [5, 5.41) is 10.8. The van der Waals surface area contributed by atoms with Gasteiger partial charge in [0, 0.05) is 18.0 Å². The maximum absolute atomic E-state index is 5.84. The Labute approximate surface area is 101 Å². The zero-order valence-electron chi connectivity index (χ0n) is 8.77. The maximum atomic E-state index is 5.84. The molecular weight excluding hydrogens is 244 g/mol. The number of fused-ring (bicyclic) bond motifs is 1. The van der Waals surface area contributed by atoms with Crippen molar-refractivity contribution in [1.29, 1.82) is 0 Å². The van der Waals surface area contributed by atoms with E-state index in [4.69, 9.17) is 20.4 Å². The summed E-state index contributed by atoms with van der Waals surface area (Å²) < 4.78 is 10.6. The number of hydrogen-bond donors (Lipinski definition) is 1. The fourth-order valence-corrected chi connectivity index (χ4v) is 1.55. The molecule has 17 heavy (non-hydrogen) atoms. The highest BCUT2D eigenvalue weighted by atomic mass is 35.5. The maximum Gasteiger partial charge on any atom is 0.323 e. The zero-order chi connectivity index (χ0) is 11.8. The van der Waals surface area contributed by atoms with E-state index in [2.05, 4.69) is 20.5 Å². The number of aromatic nitrogens is 3. The molecular formula is C10H7ClN4O2. The van der Waals surface area contributed by atoms with E-state index in [0.717, 1.165) is 0 Å². The number of benzene rings is 1. The van der Waals surface area contributed by atoms with Gasteiger partial charge < -0.3 is 8.83 Å². The van der Waals surface area contributed by atoms with Crippen LogP contribution in [-0.4, -0.2) is 15.2 Å². The lowest BCUT2D eigenvalue weighted by Gasteiger charge is -1.91. The van der Waals surface area contributed by atoms with Gasteiger partial charge in [0.2, 0.25) is 5.89 Å². The van der Waals surface area contributed by atoms with Crippen LogP contribution < -0.4 is 5.32 Å². The lowest BCUT2D eigenvalue weighted by atomic mass is 10.3. The van der Waals surface area contributed by atoms with Crippen LogP contribution in [0.3, 0.4) is 0 Å². The van der Waals surface area contributed by atoms with Gasteiger partial charge in [0.1, 0.15) is 5.52 Å². The van der Waals surface area contributed by atoms with Crippen LogP contribution in [0, 0.1) is 6.92 Å². The normalized spacial score (nSPS) is 10.9. The number of hydrogen-bond acceptors (Lipinski definition) is 6. The molecule has 0 aliphatic heterocycles. The van der Waals surface area contributed by atoms with Crippen molar-refractivity contribution in [2.75, 3.05) is 5.32 Å². The first-order chi connectivity index (χ1) is 8.20. The number of nitrogens with one attached hydrogen (secondary N) is 1. The summed E-state index contributed by atoms with van der Waals surface area (Å²) in [5.41, 5.74) is 1.30. The molecule has 7 heteroatoms. The number of aryl methyl sites for hydroxylation is 1. The number of anilines is 2. The Hall–Kier alpha value is -2.08. The molecule has 0 fully saturated rings. The molecule has 0 amide bonds. The number of oxazole rings is 1. The average molecular weight is 251 g/mol. The fourth-order valence-electron chi connectivity index (χ4n) is 1.39. The molecule has 0 spiro atoms. The topological polar surface area (TPSA) is 77.0 Å². The number of halogens is 1. The Morgan fingerprint density at radius 3 is 2.82 bits per heavy atom. The summed E-state index contributed by atoms with van der Waals surface area (Å²) in [6.07, 6.45) is 0. The van der Waals surface area contributed by atoms with Crippen LogP contribution in [0.1, 0.15) is 5.89 Å². The molecule has 3 rings (SSSR count). The van der Waals surface area contributed by atoms with Crippen LogP contribution in [0.5, 0.6) is 0 Å². The van der Waals surface area contributed by atoms with Crippen molar-refractivity contribution in [3.63, 3.8) is 0 Å². The molecule has 3 aromatic rings. The second kappa shape index (κ2) is 3.74. The molecule has 6 nitrogen and oxygen atoms in total. The Morgan fingerprint density at radius 1 is 1.18 bits per heavy atom. The molecule has 0 unspecified atom stereocenters. The minimum atomic E-state index is 0.236. The largest absolute Gasteiger partial charge is 0.423 e. The van der Waals surface area contributed by atoms with E-state index in [0.29, 0.717) is 22.0 Å². The fraction of sp³-hybridized carbons (Fsp3) is 0.100. The Kier molecular flexibility index (Phi) is 2.22. The predicted octanol–water partition coefficient (Wildman–Crippen LogP) is 2.92. The summed E-state index contributed by atoms with van der Waals surface area (Å²) in [6, 6.07) is 5.72. The van der Waals surface area contributed by atoms with Crippen LogP contribution in [0.25, 0.3) is 11.1 Å². The highest BCUT2D eigenvalue weighted by molar-refractivity contribution is 6.31. The predicted molar refractivity (Wildman–Crippen MR) is 61.3 cm³/mol. The smallest absolute Gasteiger partial charge is 0.323 e. The molecule has 2 aromatic heterocycles. The SMILES string of the molecule is Cc1nnc(Nc2nc3ccc(Cl)cc3o2)o1. The van der Waals surface area contributed by atoms with E-state index in [1.807, 2.05) is 0 Å². The highest BCUT2D eigenvalue weighted by Crippen LogP contribution is 2.24. The van der Waals surface area contributed by atoms with Gasteiger partial charge in [-0.3, -0.25) is 5.32 Å². The first-order valence-corrected chi connectivity index (χ1v) is 5.22. The molecule has 0 atom stereocenters. The van der Waals surface area contributed by atoms with E-state index in [1.54, 1.807) is 25.1 Å². The summed E-state index contributed by atoms with van der Waals surface area (Å²) in [4.78, 5) is 4.19. The minimum Gasteiger partial charge on any atom is -0.423 e. The standard InChI is InChI=1S/C10H7ClN4O2/c1-5-14-15-10(16-5)13-9-12-7-3-2-6(11)4-8(7)17-9/h2-4H,1H3,(H,12,13,15). The second-order valence-corrected chi connectivity index (χ2v) is 3.82. The summed E-state index contributed by atoms with van der Waals surface area (Å²) in [5.74, 6) is 0.464. The zero-order valence-corrected chi connectivity index (χ0v) is 9.52. The quantitative estimate of drug-likeness (QED) is 0.753. The van der Waals surface area contributed by atoms with E-state index < -0.39 is 0 Å². The summed E-state index contributed by atoms with van der Waals surface area (Å²) in [7, 11) is 0. The molecule has 1 N–H and O–H groups in total. The van der Waals surface area contributed by atoms with Gasteiger partial charge >= 0.3 is 12.0 Å². The van der Waals surface area contributed by atoms with Gasteiger partial charge in [0.05, 0.1) is 0 Å². The third kappa shape index (κ3) is 1.94. The summed E-state index contributed by atoms with van der Waals surface area (Å²) >= 11 is 5.84. The van der Waals surface area contributed by atoms with E-state index in [1.165, 1.54) is 0 Å². The van der Waals surface area contributed by atoms with Crippen molar-refractivity contribution in [3.8, 4) is 0 Å². The Morgan fingerprint density at radius 2 is 2.06 bits per heavy atom. The van der Waals surface area contributed by atoms with Gasteiger partial charge in [0.15, 0.2) is 5.58 Å². The van der Waals surface area contributed by atoms with Crippen molar-refractivity contribution in [2.45, 2.75) is 6.92 Å². The van der Waals surface area contributed by atoms with Crippen molar-refractivity contribution in [2.24, 2.45) is 0 Å². The van der Waals surface area contributed by atoms with Crippen molar-refractivity contribution in [1.82, 2.24) is 15.2 Å². The molecule has 0 saturated heterocycles. The third-order valence-electron chi connectivity index (χ3n) is 2.09. The summed E-state index contributed by atoms with van der Waals surface area (Å²) in [6.45, 7) is 1.70. The molecule has 1 aromatic carbocycles. The number of rotatable bonds is 2. The average Bonchev–Trinajstić information content (AvgIpc) is 2.84. The van der Waals surface area contributed by atoms with Gasteiger partial charge in [-0.05, 0) is 12.1 Å². The molecule has 0 aliphatic carbocycles. The van der Waals surface area contributed by atoms with Gasteiger partial charge in [-0.25, -0.2) is 0 Å². The van der Waals surface area contributed by atoms with Crippen LogP contribution in [0.2, 0.25) is 5.02 Å². The van der Waals surface area contributed by atoms with Crippen molar-refractivity contribution in [3.05, 3.63) is 29.1 Å². The first kappa shape index (κ1) is 10.1. The van der Waals surface area contributed by atoms with Crippen molar-refractivity contribution < 1.29 is 8.83 Å². The van der Waals surface area contributed by atoms with Crippen LogP contribution in [-0.2, 0) is 0 Å². The first-order valence-electron chi connectivity index (χ1n) is 4.84. The lowest BCUT2D eigenvalue weighted by molar-refractivity contribution is 0.528. The molecule has 0 bridgehead atoms. The monoisotopic (exact) mass is 250 g/mol. The van der Waals surface area contributed by atoms with Gasteiger partial charge in [-0.2, -0.15) is 4.98 Å². The Balaban J connectivity index is 1.95. The van der Waals surface area contributed by atoms with Gasteiger partial charge in [-0.1, -0.05) is 16.7 Å². The lowest BCUT2D eigenvalue weighted by Crippen LogP contribution is -1.89.